The Labute approximate surface area is 109 Å². The lowest BCUT2D eigenvalue weighted by molar-refractivity contribution is -0.121. The molecule has 0 fully saturated rings. The number of nitrogens with zero attached hydrogens (tertiary/aromatic N) is 1. The highest BCUT2D eigenvalue weighted by molar-refractivity contribution is 5.75. The fraction of sp³-hybridized carbons (Fsp3) is 0.500. The first-order valence-electron chi connectivity index (χ1n) is 6.31. The van der Waals surface area contributed by atoms with Crippen molar-refractivity contribution in [2.45, 2.75) is 18.9 Å². The van der Waals surface area contributed by atoms with Gasteiger partial charge in [0.25, 0.3) is 0 Å². The summed E-state index contributed by atoms with van der Waals surface area (Å²) in [5.74, 6) is 0.0724. The summed E-state index contributed by atoms with van der Waals surface area (Å²) in [7, 11) is 3.97. The normalized spacial score (nSPS) is 12.4. The highest BCUT2D eigenvalue weighted by Gasteiger charge is 2.08. The molecule has 4 heteroatoms. The second-order valence-electron chi connectivity index (χ2n) is 4.71. The number of carbonyl (C=O) groups is 1. The average Bonchev–Trinajstić information content (AvgIpc) is 2.36. The molecule has 0 heterocycles. The molecule has 0 radical (unpaired) electrons. The van der Waals surface area contributed by atoms with Crippen LogP contribution >= 0.6 is 0 Å². The quantitative estimate of drug-likeness (QED) is 0.762. The van der Waals surface area contributed by atoms with E-state index < -0.39 is 0 Å². The fourth-order valence-corrected chi connectivity index (χ4v) is 1.66. The lowest BCUT2D eigenvalue weighted by Crippen LogP contribution is -2.31. The maximum atomic E-state index is 11.6. The summed E-state index contributed by atoms with van der Waals surface area (Å²) in [6, 6.07) is 9.82. The molecule has 18 heavy (non-hydrogen) atoms. The van der Waals surface area contributed by atoms with Crippen LogP contribution in [0, 0.1) is 0 Å². The fourth-order valence-electron chi connectivity index (χ4n) is 1.66. The Hall–Kier alpha value is -1.39. The van der Waals surface area contributed by atoms with E-state index in [4.69, 9.17) is 5.73 Å². The second kappa shape index (κ2) is 7.84. The second-order valence-corrected chi connectivity index (χ2v) is 4.71. The highest BCUT2D eigenvalue weighted by atomic mass is 16.1. The average molecular weight is 249 g/mol. The van der Waals surface area contributed by atoms with Gasteiger partial charge in [-0.15, -0.1) is 0 Å². The third-order valence-electron chi connectivity index (χ3n) is 2.79. The molecule has 3 N–H and O–H groups in total. The van der Waals surface area contributed by atoms with Crippen LogP contribution in [0.15, 0.2) is 30.3 Å². The third kappa shape index (κ3) is 5.80. The molecule has 1 rings (SSSR count). The van der Waals surface area contributed by atoms with Crippen LogP contribution in [0.3, 0.4) is 0 Å². The Morgan fingerprint density at radius 3 is 2.61 bits per heavy atom. The van der Waals surface area contributed by atoms with Gasteiger partial charge in [0.1, 0.15) is 0 Å². The van der Waals surface area contributed by atoms with E-state index in [1.54, 1.807) is 0 Å². The molecule has 1 aromatic rings. The molecular formula is C14H23N3O. The Morgan fingerprint density at radius 2 is 2.00 bits per heavy atom. The van der Waals surface area contributed by atoms with Gasteiger partial charge in [-0.05, 0) is 26.1 Å². The van der Waals surface area contributed by atoms with Crippen molar-refractivity contribution in [3.63, 3.8) is 0 Å². The van der Waals surface area contributed by atoms with Gasteiger partial charge in [-0.2, -0.15) is 0 Å². The van der Waals surface area contributed by atoms with Crippen LogP contribution in [0.1, 0.15) is 24.4 Å². The van der Waals surface area contributed by atoms with Gasteiger partial charge in [-0.3, -0.25) is 4.79 Å². The zero-order chi connectivity index (χ0) is 13.4. The van der Waals surface area contributed by atoms with Crippen molar-refractivity contribution < 1.29 is 4.79 Å². The van der Waals surface area contributed by atoms with Crippen LogP contribution in [0.25, 0.3) is 0 Å². The van der Waals surface area contributed by atoms with Gasteiger partial charge < -0.3 is 16.0 Å². The van der Waals surface area contributed by atoms with Crippen molar-refractivity contribution in [3.8, 4) is 0 Å². The van der Waals surface area contributed by atoms with E-state index >= 15 is 0 Å². The van der Waals surface area contributed by atoms with Crippen molar-refractivity contribution in [1.29, 1.82) is 0 Å². The Bertz CT molecular complexity index is 351. The summed E-state index contributed by atoms with van der Waals surface area (Å²) in [4.78, 5) is 13.6. The largest absolute Gasteiger partial charge is 0.355 e. The molecule has 0 saturated heterocycles. The molecule has 0 aromatic heterocycles. The van der Waals surface area contributed by atoms with Gasteiger partial charge in [0.2, 0.25) is 5.91 Å². The third-order valence-corrected chi connectivity index (χ3v) is 2.79. The summed E-state index contributed by atoms with van der Waals surface area (Å²) in [5, 5.41) is 2.88. The molecule has 0 bridgehead atoms. The number of nitrogens with one attached hydrogen (secondary N) is 1. The van der Waals surface area contributed by atoms with Crippen molar-refractivity contribution in [3.05, 3.63) is 35.9 Å². The predicted molar refractivity (Wildman–Crippen MR) is 74.2 cm³/mol. The standard InChI is InChI=1S/C14H23N3O/c1-17(2)11-10-16-14(18)9-8-13(15)12-6-4-3-5-7-12/h3-7,13H,8-11,15H2,1-2H3,(H,16,18). The molecular weight excluding hydrogens is 226 g/mol. The number of amides is 1. The summed E-state index contributed by atoms with van der Waals surface area (Å²) >= 11 is 0. The topological polar surface area (TPSA) is 58.4 Å². The Morgan fingerprint density at radius 1 is 1.33 bits per heavy atom. The van der Waals surface area contributed by atoms with Crippen LogP contribution in [0.4, 0.5) is 0 Å². The van der Waals surface area contributed by atoms with Crippen molar-refractivity contribution in [2.24, 2.45) is 5.73 Å². The van der Waals surface area contributed by atoms with Gasteiger partial charge in [0.05, 0.1) is 0 Å². The van der Waals surface area contributed by atoms with Crippen LogP contribution in [-0.2, 0) is 4.79 Å². The molecule has 1 atom stereocenters. The van der Waals surface area contributed by atoms with E-state index in [1.165, 1.54) is 0 Å². The molecule has 0 aliphatic rings. The van der Waals surface area contributed by atoms with E-state index in [0.717, 1.165) is 12.1 Å². The van der Waals surface area contributed by atoms with Crippen LogP contribution in [0.2, 0.25) is 0 Å². The van der Waals surface area contributed by atoms with E-state index in [9.17, 15) is 4.79 Å². The highest BCUT2D eigenvalue weighted by Crippen LogP contribution is 2.14. The zero-order valence-corrected chi connectivity index (χ0v) is 11.2. The van der Waals surface area contributed by atoms with E-state index in [-0.39, 0.29) is 11.9 Å². The first-order chi connectivity index (χ1) is 8.59. The number of hydrogen-bond donors (Lipinski definition) is 2. The summed E-state index contributed by atoms with van der Waals surface area (Å²) in [6.45, 7) is 1.54. The molecule has 0 aliphatic heterocycles. The van der Waals surface area contributed by atoms with Crippen molar-refractivity contribution >= 4 is 5.91 Å². The number of likely N-dealkylation sites (N-methyl/N-ethyl adjacent to an activating group) is 1. The monoisotopic (exact) mass is 249 g/mol. The lowest BCUT2D eigenvalue weighted by atomic mass is 10.0. The molecule has 4 nitrogen and oxygen atoms in total. The number of nitrogens with two attached hydrogens (primary N) is 1. The minimum Gasteiger partial charge on any atom is -0.355 e. The molecule has 0 aliphatic carbocycles. The zero-order valence-electron chi connectivity index (χ0n) is 11.2. The number of carbonyl (C=O) groups excluding carboxylic acids is 1. The SMILES string of the molecule is CN(C)CCNC(=O)CCC(N)c1ccccc1. The van der Waals surface area contributed by atoms with Crippen molar-refractivity contribution in [1.82, 2.24) is 10.2 Å². The van der Waals surface area contributed by atoms with Crippen LogP contribution in [-0.4, -0.2) is 38.0 Å². The summed E-state index contributed by atoms with van der Waals surface area (Å²) in [6.07, 6.45) is 1.15. The molecule has 100 valence electrons. The Kier molecular flexibility index (Phi) is 6.39. The Balaban J connectivity index is 2.22. The lowest BCUT2D eigenvalue weighted by Gasteiger charge is -2.13. The van der Waals surface area contributed by atoms with E-state index in [0.29, 0.717) is 19.4 Å². The molecule has 1 amide bonds. The van der Waals surface area contributed by atoms with Crippen LogP contribution < -0.4 is 11.1 Å². The molecule has 0 spiro atoms. The predicted octanol–water partition coefficient (Wildman–Crippen LogP) is 1.14. The first-order valence-corrected chi connectivity index (χ1v) is 6.31. The summed E-state index contributed by atoms with van der Waals surface area (Å²) in [5.41, 5.74) is 7.11. The number of hydrogen-bond acceptors (Lipinski definition) is 3. The first kappa shape index (κ1) is 14.7. The smallest absolute Gasteiger partial charge is 0.220 e. The van der Waals surface area contributed by atoms with Gasteiger partial charge in [0.15, 0.2) is 0 Å². The van der Waals surface area contributed by atoms with Gasteiger partial charge in [-0.1, -0.05) is 30.3 Å². The molecule has 1 aromatic carbocycles. The summed E-state index contributed by atoms with van der Waals surface area (Å²) < 4.78 is 0. The van der Waals surface area contributed by atoms with Gasteiger partial charge in [0, 0.05) is 25.6 Å². The van der Waals surface area contributed by atoms with E-state index in [1.807, 2.05) is 49.3 Å². The van der Waals surface area contributed by atoms with E-state index in [2.05, 4.69) is 5.32 Å². The van der Waals surface area contributed by atoms with Crippen molar-refractivity contribution in [2.75, 3.05) is 27.2 Å². The minimum atomic E-state index is -0.0641. The number of rotatable bonds is 7. The maximum Gasteiger partial charge on any atom is 0.220 e. The van der Waals surface area contributed by atoms with Gasteiger partial charge in [-0.25, -0.2) is 0 Å². The number of benzene rings is 1. The van der Waals surface area contributed by atoms with Crippen LogP contribution in [0.5, 0.6) is 0 Å². The minimum absolute atomic E-state index is 0.0641. The maximum absolute atomic E-state index is 11.6. The molecule has 0 saturated carbocycles. The molecule has 1 unspecified atom stereocenters. The van der Waals surface area contributed by atoms with Gasteiger partial charge >= 0.3 is 0 Å².